The second kappa shape index (κ2) is 4.23. The molecule has 0 radical (unpaired) electrons. The predicted molar refractivity (Wildman–Crippen MR) is 89.9 cm³/mol. The van der Waals surface area contributed by atoms with Crippen molar-refractivity contribution in [3.63, 3.8) is 0 Å². The fourth-order valence-corrected chi connectivity index (χ4v) is 5.37. The van der Waals surface area contributed by atoms with E-state index in [1.54, 1.807) is 27.9 Å². The van der Waals surface area contributed by atoms with Crippen LogP contribution in [-0.2, 0) is 11.2 Å². The lowest BCUT2D eigenvalue weighted by Gasteiger charge is -2.32. The van der Waals surface area contributed by atoms with E-state index in [9.17, 15) is 14.0 Å². The summed E-state index contributed by atoms with van der Waals surface area (Å²) in [4.78, 5) is 26.6. The first-order valence-corrected chi connectivity index (χ1v) is 8.78. The number of carbonyl (C=O) groups excluding carboxylic acids is 2. The molecule has 3 fully saturated rings. The number of urea groups is 1. The van der Waals surface area contributed by atoms with Crippen LogP contribution in [0.15, 0.2) is 36.0 Å². The van der Waals surface area contributed by atoms with Gasteiger partial charge < -0.3 is 0 Å². The van der Waals surface area contributed by atoms with E-state index in [0.29, 0.717) is 12.8 Å². The highest BCUT2D eigenvalue weighted by atomic mass is 19.1. The summed E-state index contributed by atoms with van der Waals surface area (Å²) in [6.45, 7) is 0. The molecule has 3 heterocycles. The summed E-state index contributed by atoms with van der Waals surface area (Å²) in [6, 6.07) is 5.94. The van der Waals surface area contributed by atoms with E-state index in [4.69, 9.17) is 0 Å². The number of halogens is 1. The average Bonchev–Trinajstić information content (AvgIpc) is 2.89. The molecular formula is C19H15FN4O2. The van der Waals surface area contributed by atoms with Crippen molar-refractivity contribution < 1.29 is 14.0 Å². The molecule has 4 aliphatic rings. The van der Waals surface area contributed by atoms with Gasteiger partial charge in [-0.25, -0.2) is 13.9 Å². The second-order valence-electron chi connectivity index (χ2n) is 7.46. The molecule has 2 saturated heterocycles. The third-order valence-corrected chi connectivity index (χ3v) is 6.43. The van der Waals surface area contributed by atoms with Crippen LogP contribution in [0.25, 0.3) is 11.8 Å². The number of hydrogen-bond donors (Lipinski definition) is 1. The number of hydrogen-bond acceptors (Lipinski definition) is 3. The maximum atomic E-state index is 13.2. The van der Waals surface area contributed by atoms with Gasteiger partial charge in [0.15, 0.2) is 5.54 Å². The molecule has 2 aliphatic carbocycles. The van der Waals surface area contributed by atoms with Gasteiger partial charge in [-0.3, -0.25) is 15.0 Å². The van der Waals surface area contributed by atoms with Crippen LogP contribution in [0.4, 0.5) is 9.18 Å². The Balaban J connectivity index is 1.50. The molecule has 1 saturated carbocycles. The summed E-state index contributed by atoms with van der Waals surface area (Å²) in [7, 11) is 0. The zero-order chi connectivity index (χ0) is 17.7. The summed E-state index contributed by atoms with van der Waals surface area (Å²) < 4.78 is 15.0. The lowest BCUT2D eigenvalue weighted by Crippen LogP contribution is -2.47. The molecule has 3 amide bonds. The van der Waals surface area contributed by atoms with Crippen molar-refractivity contribution in [2.45, 2.75) is 36.8 Å². The minimum atomic E-state index is -0.705. The second-order valence-corrected chi connectivity index (χ2v) is 7.46. The van der Waals surface area contributed by atoms with Crippen molar-refractivity contribution in [2.24, 2.45) is 0 Å². The molecule has 6 nitrogen and oxygen atoms in total. The Hall–Kier alpha value is -2.96. The monoisotopic (exact) mass is 350 g/mol. The summed E-state index contributed by atoms with van der Waals surface area (Å²) in [5.41, 5.74) is 2.67. The van der Waals surface area contributed by atoms with Gasteiger partial charge in [0, 0.05) is 12.0 Å². The van der Waals surface area contributed by atoms with Gasteiger partial charge in [-0.05, 0) is 55.2 Å². The molecule has 7 heteroatoms. The number of carbonyl (C=O) groups is 2. The van der Waals surface area contributed by atoms with E-state index in [2.05, 4.69) is 16.5 Å². The Morgan fingerprint density at radius 3 is 2.77 bits per heavy atom. The van der Waals surface area contributed by atoms with Gasteiger partial charge in [0.25, 0.3) is 5.91 Å². The van der Waals surface area contributed by atoms with Crippen molar-refractivity contribution in [3.05, 3.63) is 53.1 Å². The van der Waals surface area contributed by atoms with Gasteiger partial charge in [-0.15, -0.1) is 0 Å². The number of benzene rings is 1. The zero-order valence-corrected chi connectivity index (χ0v) is 13.8. The number of aromatic nitrogens is 2. The van der Waals surface area contributed by atoms with Crippen LogP contribution in [0.3, 0.4) is 0 Å². The van der Waals surface area contributed by atoms with Crippen LogP contribution in [0.2, 0.25) is 0 Å². The highest BCUT2D eigenvalue weighted by Gasteiger charge is 2.86. The SMILES string of the molecule is O=C1NC(=O)[C@]23CCCC4=Cc5c(cnn5-c5ccc(F)cc5)C[C@@]42N13. The molecule has 2 spiro atoms. The van der Waals surface area contributed by atoms with Gasteiger partial charge in [0.05, 0.1) is 17.6 Å². The quantitative estimate of drug-likeness (QED) is 0.633. The number of amides is 3. The van der Waals surface area contributed by atoms with Gasteiger partial charge in [0.1, 0.15) is 11.4 Å². The van der Waals surface area contributed by atoms with Gasteiger partial charge in [-0.2, -0.15) is 5.10 Å². The minimum Gasteiger partial charge on any atom is -0.294 e. The van der Waals surface area contributed by atoms with Crippen LogP contribution >= 0.6 is 0 Å². The van der Waals surface area contributed by atoms with Crippen LogP contribution in [0, 0.1) is 5.82 Å². The number of imide groups is 1. The number of rotatable bonds is 1. The Morgan fingerprint density at radius 1 is 1.15 bits per heavy atom. The van der Waals surface area contributed by atoms with Crippen molar-refractivity contribution >= 4 is 18.0 Å². The molecule has 2 aromatic rings. The van der Waals surface area contributed by atoms with E-state index >= 15 is 0 Å². The van der Waals surface area contributed by atoms with Crippen LogP contribution in [0.1, 0.15) is 30.5 Å². The van der Waals surface area contributed by atoms with Gasteiger partial charge in [0.2, 0.25) is 0 Å². The molecular weight excluding hydrogens is 335 g/mol. The zero-order valence-electron chi connectivity index (χ0n) is 13.8. The van der Waals surface area contributed by atoms with Gasteiger partial charge >= 0.3 is 6.03 Å². The Morgan fingerprint density at radius 2 is 1.96 bits per heavy atom. The first-order valence-electron chi connectivity index (χ1n) is 8.78. The summed E-state index contributed by atoms with van der Waals surface area (Å²) in [6.07, 6.45) is 6.94. The van der Waals surface area contributed by atoms with E-state index in [1.165, 1.54) is 12.1 Å². The van der Waals surface area contributed by atoms with Crippen molar-refractivity contribution in [1.82, 2.24) is 20.0 Å². The maximum absolute atomic E-state index is 13.2. The highest BCUT2D eigenvalue weighted by Crippen LogP contribution is 2.67. The molecule has 2 aliphatic heterocycles. The van der Waals surface area contributed by atoms with Crippen LogP contribution in [0.5, 0.6) is 0 Å². The van der Waals surface area contributed by atoms with E-state index in [1.807, 2.05) is 0 Å². The average molecular weight is 350 g/mol. The largest absolute Gasteiger partial charge is 0.325 e. The fraction of sp³-hybridized carbons (Fsp3) is 0.316. The van der Waals surface area contributed by atoms with Crippen molar-refractivity contribution in [3.8, 4) is 5.69 Å². The number of nitrogens with one attached hydrogen (secondary N) is 1. The lowest BCUT2D eigenvalue weighted by molar-refractivity contribution is -0.122. The maximum Gasteiger partial charge on any atom is 0.325 e. The topological polar surface area (TPSA) is 67.0 Å². The van der Waals surface area contributed by atoms with E-state index in [0.717, 1.165) is 35.4 Å². The van der Waals surface area contributed by atoms with E-state index in [-0.39, 0.29) is 17.8 Å². The first-order chi connectivity index (χ1) is 12.6. The van der Waals surface area contributed by atoms with Gasteiger partial charge in [-0.1, -0.05) is 0 Å². The molecule has 0 bridgehead atoms. The first kappa shape index (κ1) is 14.2. The highest BCUT2D eigenvalue weighted by molar-refractivity contribution is 6.15. The predicted octanol–water partition coefficient (Wildman–Crippen LogP) is 2.18. The summed E-state index contributed by atoms with van der Waals surface area (Å²) in [5, 5.41) is 6.94. The smallest absolute Gasteiger partial charge is 0.294 e. The summed E-state index contributed by atoms with van der Waals surface area (Å²) in [5.74, 6) is -0.452. The Labute approximate surface area is 148 Å². The fourth-order valence-electron chi connectivity index (χ4n) is 5.37. The molecule has 26 heavy (non-hydrogen) atoms. The normalized spacial score (nSPS) is 30.8. The Kier molecular flexibility index (Phi) is 2.31. The standard InChI is InChI=1S/C19H15FN4O2/c20-13-3-5-14(6-4-13)23-15-8-12-2-1-7-18-16(25)22-17(26)24(18)19(12,18)9-11(15)10-21-23/h3-6,8,10H,1-2,7,9H2,(H,22,25,26)/t18-,19-,24?/m1/s1. The third-order valence-electron chi connectivity index (χ3n) is 6.43. The van der Waals surface area contributed by atoms with Crippen LogP contribution in [-0.4, -0.2) is 37.7 Å². The molecule has 2 atom stereocenters. The van der Waals surface area contributed by atoms with Crippen molar-refractivity contribution in [1.29, 1.82) is 0 Å². The Bertz CT molecular complexity index is 1040. The molecule has 1 N–H and O–H groups in total. The minimum absolute atomic E-state index is 0.164. The lowest BCUT2D eigenvalue weighted by atomic mass is 9.70. The van der Waals surface area contributed by atoms with E-state index < -0.39 is 11.1 Å². The molecule has 6 rings (SSSR count). The number of nitrogens with zero attached hydrogens (tertiary/aromatic N) is 3. The van der Waals surface area contributed by atoms with Crippen LogP contribution < -0.4 is 5.32 Å². The molecule has 1 aromatic heterocycles. The van der Waals surface area contributed by atoms with Crippen molar-refractivity contribution in [2.75, 3.05) is 0 Å². The molecule has 0 unspecified atom stereocenters. The molecule has 130 valence electrons. The number of fused-ring (bicyclic) bond motifs is 1. The summed E-state index contributed by atoms with van der Waals surface area (Å²) >= 11 is 0. The third kappa shape index (κ3) is 1.35. The molecule has 1 aromatic carbocycles.